The normalized spacial score (nSPS) is 27.7. The summed E-state index contributed by atoms with van der Waals surface area (Å²) in [4.78, 5) is 12.4. The SMILES string of the molecule is N#Cc1ccc(Cl)c(NC(=O)C2CC3CCCCC3N2)c1. The van der Waals surface area contributed by atoms with Gasteiger partial charge in [0.25, 0.3) is 0 Å². The molecule has 1 aliphatic carbocycles. The minimum Gasteiger partial charge on any atom is -0.323 e. The number of amides is 1. The van der Waals surface area contributed by atoms with Crippen molar-refractivity contribution >= 4 is 23.2 Å². The highest BCUT2D eigenvalue weighted by Gasteiger charge is 2.38. The largest absolute Gasteiger partial charge is 0.323 e. The summed E-state index contributed by atoms with van der Waals surface area (Å²) in [5.41, 5.74) is 1.00. The Morgan fingerprint density at radius 3 is 2.95 bits per heavy atom. The van der Waals surface area contributed by atoms with Gasteiger partial charge in [-0.15, -0.1) is 0 Å². The number of nitrogens with one attached hydrogen (secondary N) is 2. The van der Waals surface area contributed by atoms with Crippen LogP contribution in [-0.4, -0.2) is 18.0 Å². The molecule has 1 amide bonds. The van der Waals surface area contributed by atoms with Crippen molar-refractivity contribution in [1.29, 1.82) is 5.26 Å². The highest BCUT2D eigenvalue weighted by atomic mass is 35.5. The Morgan fingerprint density at radius 1 is 1.38 bits per heavy atom. The number of fused-ring (bicyclic) bond motifs is 1. The second-order valence-electron chi connectivity index (χ2n) is 5.90. The smallest absolute Gasteiger partial charge is 0.241 e. The first-order chi connectivity index (χ1) is 10.2. The van der Waals surface area contributed by atoms with E-state index < -0.39 is 0 Å². The van der Waals surface area contributed by atoms with Crippen LogP contribution in [0, 0.1) is 17.2 Å². The molecule has 0 bridgehead atoms. The van der Waals surface area contributed by atoms with Gasteiger partial charge in [-0.2, -0.15) is 5.26 Å². The molecule has 2 N–H and O–H groups in total. The van der Waals surface area contributed by atoms with E-state index in [1.54, 1.807) is 18.2 Å². The Hall–Kier alpha value is -1.57. The Morgan fingerprint density at radius 2 is 2.19 bits per heavy atom. The van der Waals surface area contributed by atoms with Crippen LogP contribution in [0.5, 0.6) is 0 Å². The van der Waals surface area contributed by atoms with Crippen molar-refractivity contribution in [3.8, 4) is 6.07 Å². The first kappa shape index (κ1) is 14.4. The summed E-state index contributed by atoms with van der Waals surface area (Å²) in [6.07, 6.45) is 5.79. The third-order valence-corrected chi connectivity index (χ3v) is 4.86. The molecule has 2 aliphatic rings. The number of hydrogen-bond acceptors (Lipinski definition) is 3. The van der Waals surface area contributed by atoms with Crippen molar-refractivity contribution < 1.29 is 4.79 Å². The summed E-state index contributed by atoms with van der Waals surface area (Å²) < 4.78 is 0. The van der Waals surface area contributed by atoms with E-state index in [1.165, 1.54) is 25.7 Å². The first-order valence-electron chi connectivity index (χ1n) is 7.44. The van der Waals surface area contributed by atoms with Crippen LogP contribution in [0.1, 0.15) is 37.7 Å². The van der Waals surface area contributed by atoms with Crippen LogP contribution in [-0.2, 0) is 4.79 Å². The number of anilines is 1. The number of nitriles is 1. The quantitative estimate of drug-likeness (QED) is 0.882. The van der Waals surface area contributed by atoms with Gasteiger partial charge in [-0.05, 0) is 43.4 Å². The molecule has 1 saturated heterocycles. The van der Waals surface area contributed by atoms with Gasteiger partial charge in [-0.3, -0.25) is 4.79 Å². The lowest BCUT2D eigenvalue weighted by molar-refractivity contribution is -0.117. The second kappa shape index (κ2) is 6.05. The van der Waals surface area contributed by atoms with Gasteiger partial charge in [0.05, 0.1) is 28.4 Å². The van der Waals surface area contributed by atoms with E-state index in [4.69, 9.17) is 16.9 Å². The Balaban J connectivity index is 1.68. The minimum absolute atomic E-state index is 0.0543. The van der Waals surface area contributed by atoms with Gasteiger partial charge in [0.15, 0.2) is 0 Å². The summed E-state index contributed by atoms with van der Waals surface area (Å²) in [6, 6.07) is 7.27. The predicted octanol–water partition coefficient (Wildman–Crippen LogP) is 3.07. The molecule has 3 rings (SSSR count). The Bertz CT molecular complexity index is 582. The van der Waals surface area contributed by atoms with E-state index in [0.29, 0.717) is 28.2 Å². The molecule has 1 saturated carbocycles. The highest BCUT2D eigenvalue weighted by Crippen LogP contribution is 2.33. The van der Waals surface area contributed by atoms with Crippen molar-refractivity contribution in [3.63, 3.8) is 0 Å². The molecule has 4 nitrogen and oxygen atoms in total. The Kier molecular flexibility index (Phi) is 4.14. The zero-order valence-electron chi connectivity index (χ0n) is 11.7. The standard InChI is InChI=1S/C16H18ClN3O/c17-12-6-5-10(9-18)7-14(12)20-16(21)15-8-11-3-1-2-4-13(11)19-15/h5-7,11,13,15,19H,1-4,8H2,(H,20,21). The average molecular weight is 304 g/mol. The zero-order valence-corrected chi connectivity index (χ0v) is 12.5. The molecule has 21 heavy (non-hydrogen) atoms. The zero-order chi connectivity index (χ0) is 14.8. The molecule has 1 aromatic carbocycles. The molecule has 0 aromatic heterocycles. The fourth-order valence-corrected chi connectivity index (χ4v) is 3.60. The van der Waals surface area contributed by atoms with Gasteiger partial charge in [-0.1, -0.05) is 24.4 Å². The van der Waals surface area contributed by atoms with Gasteiger partial charge in [0.1, 0.15) is 0 Å². The molecule has 3 unspecified atom stereocenters. The molecule has 0 spiro atoms. The van der Waals surface area contributed by atoms with E-state index in [1.807, 2.05) is 0 Å². The first-order valence-corrected chi connectivity index (χ1v) is 7.82. The lowest BCUT2D eigenvalue weighted by Gasteiger charge is -2.24. The molecule has 1 aliphatic heterocycles. The monoisotopic (exact) mass is 303 g/mol. The molecule has 3 atom stereocenters. The van der Waals surface area contributed by atoms with Crippen LogP contribution in [0.25, 0.3) is 0 Å². The van der Waals surface area contributed by atoms with Crippen LogP contribution in [0.3, 0.4) is 0 Å². The maximum atomic E-state index is 12.4. The van der Waals surface area contributed by atoms with Gasteiger partial charge < -0.3 is 10.6 Å². The van der Waals surface area contributed by atoms with Gasteiger partial charge in [0.2, 0.25) is 5.91 Å². The topological polar surface area (TPSA) is 64.9 Å². The number of carbonyl (C=O) groups is 1. The van der Waals surface area contributed by atoms with Gasteiger partial charge in [0, 0.05) is 6.04 Å². The number of hydrogen-bond donors (Lipinski definition) is 2. The summed E-state index contributed by atoms with van der Waals surface area (Å²) >= 11 is 6.08. The number of carbonyl (C=O) groups excluding carboxylic acids is 1. The van der Waals surface area contributed by atoms with Crippen LogP contribution < -0.4 is 10.6 Å². The van der Waals surface area contributed by atoms with Crippen LogP contribution in [0.4, 0.5) is 5.69 Å². The molecular weight excluding hydrogens is 286 g/mol. The average Bonchev–Trinajstić information content (AvgIpc) is 2.93. The molecule has 5 heteroatoms. The third kappa shape index (κ3) is 3.04. The summed E-state index contributed by atoms with van der Waals surface area (Å²) in [6.45, 7) is 0. The number of nitrogens with zero attached hydrogens (tertiary/aromatic N) is 1. The van der Waals surface area contributed by atoms with Crippen molar-refractivity contribution in [2.45, 2.75) is 44.2 Å². The van der Waals surface area contributed by atoms with E-state index in [0.717, 1.165) is 6.42 Å². The second-order valence-corrected chi connectivity index (χ2v) is 6.31. The minimum atomic E-state index is -0.153. The fourth-order valence-electron chi connectivity index (χ4n) is 3.43. The molecule has 110 valence electrons. The van der Waals surface area contributed by atoms with Crippen molar-refractivity contribution in [2.75, 3.05) is 5.32 Å². The van der Waals surface area contributed by atoms with Crippen LogP contribution >= 0.6 is 11.6 Å². The van der Waals surface area contributed by atoms with E-state index in [9.17, 15) is 4.79 Å². The summed E-state index contributed by atoms with van der Waals surface area (Å²) in [7, 11) is 0. The van der Waals surface area contributed by atoms with Crippen molar-refractivity contribution in [1.82, 2.24) is 5.32 Å². The Labute approximate surface area is 129 Å². The maximum Gasteiger partial charge on any atom is 0.241 e. The molecule has 1 aromatic rings. The van der Waals surface area contributed by atoms with Crippen LogP contribution in [0.2, 0.25) is 5.02 Å². The lowest BCUT2D eigenvalue weighted by atomic mass is 9.85. The van der Waals surface area contributed by atoms with Gasteiger partial charge >= 0.3 is 0 Å². The van der Waals surface area contributed by atoms with Crippen molar-refractivity contribution in [3.05, 3.63) is 28.8 Å². The van der Waals surface area contributed by atoms with E-state index in [-0.39, 0.29) is 11.9 Å². The van der Waals surface area contributed by atoms with Gasteiger partial charge in [-0.25, -0.2) is 0 Å². The number of rotatable bonds is 2. The van der Waals surface area contributed by atoms with E-state index in [2.05, 4.69) is 16.7 Å². The fraction of sp³-hybridized carbons (Fsp3) is 0.500. The summed E-state index contributed by atoms with van der Waals surface area (Å²) in [5, 5.41) is 15.7. The predicted molar refractivity (Wildman–Crippen MR) is 82.1 cm³/mol. The maximum absolute atomic E-state index is 12.4. The number of halogens is 1. The molecule has 0 radical (unpaired) electrons. The van der Waals surface area contributed by atoms with Crippen molar-refractivity contribution in [2.24, 2.45) is 5.92 Å². The summed E-state index contributed by atoms with van der Waals surface area (Å²) in [5.74, 6) is 0.566. The molecule has 1 heterocycles. The van der Waals surface area contributed by atoms with Crippen LogP contribution in [0.15, 0.2) is 18.2 Å². The highest BCUT2D eigenvalue weighted by molar-refractivity contribution is 6.33. The third-order valence-electron chi connectivity index (χ3n) is 4.53. The lowest BCUT2D eigenvalue weighted by Crippen LogP contribution is -2.39. The number of benzene rings is 1. The molecule has 2 fully saturated rings. The molecular formula is C16H18ClN3O. The van der Waals surface area contributed by atoms with E-state index >= 15 is 0 Å².